The van der Waals surface area contributed by atoms with E-state index in [1.54, 1.807) is 0 Å². The molecule has 0 aliphatic carbocycles. The summed E-state index contributed by atoms with van der Waals surface area (Å²) in [5, 5.41) is 3.57. The molecule has 16 heavy (non-hydrogen) atoms. The van der Waals surface area contributed by atoms with Crippen LogP contribution >= 0.6 is 0 Å². The minimum atomic E-state index is 0.345. The fourth-order valence-electron chi connectivity index (χ4n) is 2.44. The fraction of sp³-hybridized carbons (Fsp3) is 1.00. The molecule has 1 N–H and O–H groups in total. The Labute approximate surface area is 101 Å². The van der Waals surface area contributed by atoms with Crippen molar-refractivity contribution in [2.75, 3.05) is 46.4 Å². The molecule has 0 bridgehead atoms. The third-order valence-corrected chi connectivity index (χ3v) is 3.48. The topological polar surface area (TPSA) is 24.5 Å². The van der Waals surface area contributed by atoms with Crippen molar-refractivity contribution in [2.24, 2.45) is 5.41 Å². The molecule has 3 nitrogen and oxygen atoms in total. The molecule has 1 atom stereocenters. The third-order valence-electron chi connectivity index (χ3n) is 3.48. The quantitative estimate of drug-likeness (QED) is 0.672. The van der Waals surface area contributed by atoms with Crippen molar-refractivity contribution in [3.63, 3.8) is 0 Å². The summed E-state index contributed by atoms with van der Waals surface area (Å²) in [6, 6.07) is 0. The molecule has 0 spiro atoms. The van der Waals surface area contributed by atoms with Crippen LogP contribution in [0.2, 0.25) is 0 Å². The summed E-state index contributed by atoms with van der Waals surface area (Å²) >= 11 is 0. The second kappa shape index (κ2) is 7.25. The molecule has 0 saturated carbocycles. The average Bonchev–Trinajstić information content (AvgIpc) is 2.30. The molecule has 1 aliphatic heterocycles. The summed E-state index contributed by atoms with van der Waals surface area (Å²) in [7, 11) is 2.20. The summed E-state index contributed by atoms with van der Waals surface area (Å²) in [5.41, 5.74) is 0.345. The lowest BCUT2D eigenvalue weighted by molar-refractivity contribution is -0.0219. The Hall–Kier alpha value is -0.120. The molecule has 0 amide bonds. The van der Waals surface area contributed by atoms with Gasteiger partial charge in [0.15, 0.2) is 0 Å². The van der Waals surface area contributed by atoms with Crippen molar-refractivity contribution in [2.45, 2.75) is 33.1 Å². The molecule has 0 radical (unpaired) electrons. The van der Waals surface area contributed by atoms with E-state index in [2.05, 4.69) is 31.1 Å². The van der Waals surface area contributed by atoms with Gasteiger partial charge in [-0.15, -0.1) is 0 Å². The standard InChI is InChI=1S/C13H28N2O/c1-4-8-14-10-13(11-15(3)5-2)7-6-9-16-12-13/h14H,4-12H2,1-3H3. The zero-order chi connectivity index (χ0) is 11.9. The molecule has 1 rings (SSSR count). The van der Waals surface area contributed by atoms with Crippen LogP contribution in [-0.2, 0) is 4.74 Å². The largest absolute Gasteiger partial charge is 0.381 e. The van der Waals surface area contributed by atoms with E-state index < -0.39 is 0 Å². The molecule has 0 aromatic rings. The van der Waals surface area contributed by atoms with Gasteiger partial charge in [0.05, 0.1) is 6.61 Å². The van der Waals surface area contributed by atoms with Crippen molar-refractivity contribution < 1.29 is 4.74 Å². The zero-order valence-corrected chi connectivity index (χ0v) is 11.2. The van der Waals surface area contributed by atoms with Crippen LogP contribution in [0.15, 0.2) is 0 Å². The minimum Gasteiger partial charge on any atom is -0.381 e. The zero-order valence-electron chi connectivity index (χ0n) is 11.2. The maximum atomic E-state index is 5.69. The Morgan fingerprint density at radius 3 is 2.75 bits per heavy atom. The Bertz CT molecular complexity index is 179. The Kier molecular flexibility index (Phi) is 6.32. The van der Waals surface area contributed by atoms with Crippen LogP contribution in [0.1, 0.15) is 33.1 Å². The predicted molar refractivity (Wildman–Crippen MR) is 68.8 cm³/mol. The Morgan fingerprint density at radius 2 is 2.19 bits per heavy atom. The molecule has 1 saturated heterocycles. The maximum Gasteiger partial charge on any atom is 0.0546 e. The Balaban J connectivity index is 2.45. The third kappa shape index (κ3) is 4.40. The number of hydrogen-bond donors (Lipinski definition) is 1. The molecule has 3 heteroatoms. The van der Waals surface area contributed by atoms with Gasteiger partial charge in [0.2, 0.25) is 0 Å². The molecule has 0 aromatic carbocycles. The van der Waals surface area contributed by atoms with Crippen molar-refractivity contribution >= 4 is 0 Å². The molecule has 1 heterocycles. The van der Waals surface area contributed by atoms with Gasteiger partial charge >= 0.3 is 0 Å². The lowest BCUT2D eigenvalue weighted by Crippen LogP contribution is -2.48. The summed E-state index contributed by atoms with van der Waals surface area (Å²) in [6.07, 6.45) is 3.72. The van der Waals surface area contributed by atoms with Gasteiger partial charge in [-0.3, -0.25) is 0 Å². The van der Waals surface area contributed by atoms with E-state index in [1.807, 2.05) is 0 Å². The van der Waals surface area contributed by atoms with Crippen LogP contribution in [0.5, 0.6) is 0 Å². The summed E-state index contributed by atoms with van der Waals surface area (Å²) in [5.74, 6) is 0. The normalized spacial score (nSPS) is 26.2. The molecule has 96 valence electrons. The van der Waals surface area contributed by atoms with E-state index in [1.165, 1.54) is 19.3 Å². The lowest BCUT2D eigenvalue weighted by atomic mass is 9.81. The summed E-state index contributed by atoms with van der Waals surface area (Å²) < 4.78 is 5.69. The van der Waals surface area contributed by atoms with Gasteiger partial charge in [0, 0.05) is 25.1 Å². The first-order valence-electron chi connectivity index (χ1n) is 6.69. The first-order chi connectivity index (χ1) is 7.72. The molecule has 1 unspecified atom stereocenters. The van der Waals surface area contributed by atoms with Crippen molar-refractivity contribution in [1.82, 2.24) is 10.2 Å². The molecule has 0 aromatic heterocycles. The first kappa shape index (κ1) is 13.9. The summed E-state index contributed by atoms with van der Waals surface area (Å²) in [4.78, 5) is 2.41. The monoisotopic (exact) mass is 228 g/mol. The maximum absolute atomic E-state index is 5.69. The van der Waals surface area contributed by atoms with Crippen LogP contribution in [0.3, 0.4) is 0 Å². The number of nitrogens with zero attached hydrogens (tertiary/aromatic N) is 1. The second-order valence-electron chi connectivity index (χ2n) is 5.16. The fourth-order valence-corrected chi connectivity index (χ4v) is 2.44. The van der Waals surface area contributed by atoms with Gasteiger partial charge in [0.25, 0.3) is 0 Å². The molecule has 1 fully saturated rings. The minimum absolute atomic E-state index is 0.345. The van der Waals surface area contributed by atoms with Crippen LogP contribution in [0.25, 0.3) is 0 Å². The molecule has 1 aliphatic rings. The van der Waals surface area contributed by atoms with E-state index in [-0.39, 0.29) is 0 Å². The van der Waals surface area contributed by atoms with Gasteiger partial charge in [-0.1, -0.05) is 13.8 Å². The van der Waals surface area contributed by atoms with Crippen molar-refractivity contribution in [1.29, 1.82) is 0 Å². The van der Waals surface area contributed by atoms with E-state index in [9.17, 15) is 0 Å². The first-order valence-corrected chi connectivity index (χ1v) is 6.69. The number of rotatable bonds is 7. The smallest absolute Gasteiger partial charge is 0.0546 e. The van der Waals surface area contributed by atoms with E-state index in [4.69, 9.17) is 4.74 Å². The van der Waals surface area contributed by atoms with Crippen LogP contribution < -0.4 is 5.32 Å². The van der Waals surface area contributed by atoms with Gasteiger partial charge < -0.3 is 15.0 Å². The number of nitrogens with one attached hydrogen (secondary N) is 1. The number of hydrogen-bond acceptors (Lipinski definition) is 3. The van der Waals surface area contributed by atoms with Gasteiger partial charge in [0.1, 0.15) is 0 Å². The molecular weight excluding hydrogens is 200 g/mol. The van der Waals surface area contributed by atoms with Gasteiger partial charge in [-0.05, 0) is 39.4 Å². The Morgan fingerprint density at radius 1 is 1.38 bits per heavy atom. The highest BCUT2D eigenvalue weighted by atomic mass is 16.5. The second-order valence-corrected chi connectivity index (χ2v) is 5.16. The van der Waals surface area contributed by atoms with Crippen molar-refractivity contribution in [3.05, 3.63) is 0 Å². The van der Waals surface area contributed by atoms with E-state index in [0.29, 0.717) is 5.41 Å². The van der Waals surface area contributed by atoms with Gasteiger partial charge in [-0.2, -0.15) is 0 Å². The molecular formula is C13H28N2O. The van der Waals surface area contributed by atoms with Crippen molar-refractivity contribution in [3.8, 4) is 0 Å². The van der Waals surface area contributed by atoms with E-state index >= 15 is 0 Å². The van der Waals surface area contributed by atoms with Crippen LogP contribution in [0.4, 0.5) is 0 Å². The average molecular weight is 228 g/mol. The van der Waals surface area contributed by atoms with Crippen LogP contribution in [-0.4, -0.2) is 51.3 Å². The predicted octanol–water partition coefficient (Wildman–Crippen LogP) is 1.73. The highest BCUT2D eigenvalue weighted by Gasteiger charge is 2.33. The van der Waals surface area contributed by atoms with Gasteiger partial charge in [-0.25, -0.2) is 0 Å². The van der Waals surface area contributed by atoms with Crippen LogP contribution in [0, 0.1) is 5.41 Å². The summed E-state index contributed by atoms with van der Waals surface area (Å²) in [6.45, 7) is 10.8. The highest BCUT2D eigenvalue weighted by molar-refractivity contribution is 4.86. The lowest BCUT2D eigenvalue weighted by Gasteiger charge is -2.40. The highest BCUT2D eigenvalue weighted by Crippen LogP contribution is 2.28. The SMILES string of the molecule is CCCNCC1(CN(C)CC)CCCOC1. The number of ether oxygens (including phenoxy) is 1. The van der Waals surface area contributed by atoms with E-state index in [0.717, 1.165) is 39.4 Å².